The number of amides is 3. The van der Waals surface area contributed by atoms with Gasteiger partial charge in [0.2, 0.25) is 0 Å². The van der Waals surface area contributed by atoms with Crippen molar-refractivity contribution in [2.75, 3.05) is 31.5 Å². The van der Waals surface area contributed by atoms with Crippen LogP contribution in [-0.4, -0.2) is 85.4 Å². The Balaban J connectivity index is 1.98. The molecule has 0 fully saturated rings. The van der Waals surface area contributed by atoms with Crippen molar-refractivity contribution in [2.24, 2.45) is 5.92 Å². The van der Waals surface area contributed by atoms with Crippen molar-refractivity contribution in [3.8, 4) is 5.75 Å². The standard InChI is InChI=1S/C25H37N5O7S/c1-14(2)26-25(33)29(7)12-22-15(3)11-30(16(4)13-31)24(32)20-10-19(8-9-21(20)36-22)28-38(34,35)23-17(5)27-37-18(23)6/h8-10,14-16,22,28,31H,11-13H2,1-7H3,(H,26,33)/t15-,16+,22-/m0/s1. The molecule has 3 rings (SSSR count). The number of ether oxygens (including phenoxy) is 1. The number of carbonyl (C=O) groups is 2. The van der Waals surface area contributed by atoms with E-state index in [9.17, 15) is 23.1 Å². The fraction of sp³-hybridized carbons (Fsp3) is 0.560. The topological polar surface area (TPSA) is 154 Å². The summed E-state index contributed by atoms with van der Waals surface area (Å²) in [5.74, 6) is -0.199. The molecule has 13 heteroatoms. The molecule has 12 nitrogen and oxygen atoms in total. The van der Waals surface area contributed by atoms with E-state index in [-0.39, 0.29) is 71.0 Å². The lowest BCUT2D eigenvalue weighted by molar-refractivity contribution is 0.0366. The Morgan fingerprint density at radius 3 is 2.55 bits per heavy atom. The zero-order valence-electron chi connectivity index (χ0n) is 22.8. The van der Waals surface area contributed by atoms with E-state index in [0.29, 0.717) is 0 Å². The normalized spacial score (nSPS) is 18.8. The van der Waals surface area contributed by atoms with E-state index in [4.69, 9.17) is 9.26 Å². The van der Waals surface area contributed by atoms with Crippen LogP contribution in [0.5, 0.6) is 5.75 Å². The molecule has 0 aliphatic carbocycles. The lowest BCUT2D eigenvalue weighted by Gasteiger charge is -2.38. The van der Waals surface area contributed by atoms with Gasteiger partial charge in [0, 0.05) is 31.2 Å². The van der Waals surface area contributed by atoms with E-state index >= 15 is 0 Å². The minimum atomic E-state index is -4.04. The molecule has 0 bridgehead atoms. The summed E-state index contributed by atoms with van der Waals surface area (Å²) in [5, 5.41) is 16.4. The van der Waals surface area contributed by atoms with Crippen molar-refractivity contribution >= 4 is 27.6 Å². The zero-order chi connectivity index (χ0) is 28.4. The summed E-state index contributed by atoms with van der Waals surface area (Å²) >= 11 is 0. The second-order valence-corrected chi connectivity index (χ2v) is 11.7. The van der Waals surface area contributed by atoms with Crippen molar-refractivity contribution in [2.45, 2.75) is 64.6 Å². The van der Waals surface area contributed by atoms with Gasteiger partial charge in [-0.2, -0.15) is 0 Å². The van der Waals surface area contributed by atoms with Gasteiger partial charge in [-0.05, 0) is 52.8 Å². The highest BCUT2D eigenvalue weighted by Gasteiger charge is 2.34. The molecule has 1 aromatic carbocycles. The minimum absolute atomic E-state index is 0.0347. The number of likely N-dealkylation sites (N-methyl/N-ethyl adjacent to an activating group) is 1. The highest BCUT2D eigenvalue weighted by molar-refractivity contribution is 7.92. The molecule has 0 unspecified atom stereocenters. The number of aromatic nitrogens is 1. The first-order chi connectivity index (χ1) is 17.7. The third-order valence-electron chi connectivity index (χ3n) is 6.37. The molecule has 38 heavy (non-hydrogen) atoms. The van der Waals surface area contributed by atoms with Crippen LogP contribution in [0, 0.1) is 19.8 Å². The van der Waals surface area contributed by atoms with Crippen molar-refractivity contribution < 1.29 is 32.4 Å². The molecule has 0 spiro atoms. The number of fused-ring (bicyclic) bond motifs is 1. The largest absolute Gasteiger partial charge is 0.487 e. The maximum Gasteiger partial charge on any atom is 0.317 e. The summed E-state index contributed by atoms with van der Waals surface area (Å²) in [5.41, 5.74) is 0.498. The SMILES string of the molecule is Cc1noc(C)c1S(=O)(=O)Nc1ccc2c(c1)C(=O)N([C@H](C)CO)C[C@H](C)[C@H](CN(C)C(=O)NC(C)C)O2. The number of urea groups is 1. The van der Waals surface area contributed by atoms with Crippen molar-refractivity contribution in [3.05, 3.63) is 35.2 Å². The van der Waals surface area contributed by atoms with Crippen molar-refractivity contribution in [3.63, 3.8) is 0 Å². The van der Waals surface area contributed by atoms with Gasteiger partial charge in [-0.25, -0.2) is 13.2 Å². The van der Waals surface area contributed by atoms with E-state index in [1.165, 1.54) is 36.9 Å². The van der Waals surface area contributed by atoms with E-state index in [2.05, 4.69) is 15.2 Å². The third-order valence-corrected chi connectivity index (χ3v) is 7.99. The first-order valence-corrected chi connectivity index (χ1v) is 13.9. The molecule has 210 valence electrons. The second kappa shape index (κ2) is 11.6. The van der Waals surface area contributed by atoms with Crippen LogP contribution in [0.3, 0.4) is 0 Å². The lowest BCUT2D eigenvalue weighted by atomic mass is 9.99. The van der Waals surface area contributed by atoms with Crippen LogP contribution in [0.2, 0.25) is 0 Å². The fourth-order valence-electron chi connectivity index (χ4n) is 4.28. The molecule has 2 aromatic rings. The van der Waals surface area contributed by atoms with Gasteiger partial charge in [0.15, 0.2) is 10.7 Å². The average Bonchev–Trinajstić information content (AvgIpc) is 3.19. The smallest absolute Gasteiger partial charge is 0.317 e. The van der Waals surface area contributed by atoms with Crippen LogP contribution < -0.4 is 14.8 Å². The third kappa shape index (κ3) is 6.38. The Hall–Kier alpha value is -3.32. The summed E-state index contributed by atoms with van der Waals surface area (Å²) in [6.45, 7) is 10.7. The molecule has 3 N–H and O–H groups in total. The van der Waals surface area contributed by atoms with E-state index in [0.717, 1.165) is 0 Å². The number of hydrogen-bond acceptors (Lipinski definition) is 8. The Kier molecular flexibility index (Phi) is 8.93. The Morgan fingerprint density at radius 1 is 1.29 bits per heavy atom. The number of rotatable bonds is 8. The van der Waals surface area contributed by atoms with Crippen LogP contribution in [0.4, 0.5) is 10.5 Å². The van der Waals surface area contributed by atoms with E-state index in [1.54, 1.807) is 18.9 Å². The van der Waals surface area contributed by atoms with Crippen LogP contribution >= 0.6 is 0 Å². The van der Waals surface area contributed by atoms with Gasteiger partial charge < -0.3 is 29.5 Å². The van der Waals surface area contributed by atoms with Gasteiger partial charge >= 0.3 is 6.03 Å². The fourth-order valence-corrected chi connectivity index (χ4v) is 5.66. The van der Waals surface area contributed by atoms with Crippen LogP contribution in [0.1, 0.15) is 49.5 Å². The Morgan fingerprint density at radius 2 is 1.97 bits per heavy atom. The quantitative estimate of drug-likeness (QED) is 0.452. The first kappa shape index (κ1) is 29.2. The maximum absolute atomic E-state index is 13.6. The molecule has 3 amide bonds. The highest BCUT2D eigenvalue weighted by atomic mass is 32.2. The van der Waals surface area contributed by atoms with Crippen LogP contribution in [0.15, 0.2) is 27.6 Å². The number of sulfonamides is 1. The van der Waals surface area contributed by atoms with Crippen LogP contribution in [0.25, 0.3) is 0 Å². The molecule has 0 saturated heterocycles. The van der Waals surface area contributed by atoms with E-state index < -0.39 is 28.1 Å². The summed E-state index contributed by atoms with van der Waals surface area (Å²) in [4.78, 5) is 29.1. The number of aliphatic hydroxyl groups is 1. The van der Waals surface area contributed by atoms with Gasteiger partial charge in [0.05, 0.1) is 24.8 Å². The number of nitrogens with one attached hydrogen (secondary N) is 2. The van der Waals surface area contributed by atoms with E-state index in [1.807, 2.05) is 20.8 Å². The average molecular weight is 552 g/mol. The molecule has 0 saturated carbocycles. The summed E-state index contributed by atoms with van der Waals surface area (Å²) in [6.07, 6.45) is -0.483. The highest BCUT2D eigenvalue weighted by Crippen LogP contribution is 2.32. The molecule has 3 atom stereocenters. The van der Waals surface area contributed by atoms with Gasteiger partial charge in [0.25, 0.3) is 15.9 Å². The zero-order valence-corrected chi connectivity index (χ0v) is 23.6. The first-order valence-electron chi connectivity index (χ1n) is 12.4. The van der Waals surface area contributed by atoms with Crippen molar-refractivity contribution in [1.82, 2.24) is 20.3 Å². The number of aliphatic hydroxyl groups excluding tert-OH is 1. The number of aryl methyl sites for hydroxylation is 2. The summed E-state index contributed by atoms with van der Waals surface area (Å²) in [6, 6.07) is 3.65. The Bertz CT molecular complexity index is 1260. The van der Waals surface area contributed by atoms with Gasteiger partial charge in [-0.15, -0.1) is 0 Å². The molecule has 2 heterocycles. The molecular weight excluding hydrogens is 514 g/mol. The number of carbonyl (C=O) groups excluding carboxylic acids is 2. The predicted molar refractivity (Wildman–Crippen MR) is 141 cm³/mol. The molecule has 1 aromatic heterocycles. The molecule has 1 aliphatic heterocycles. The number of nitrogens with zero attached hydrogens (tertiary/aromatic N) is 3. The predicted octanol–water partition coefficient (Wildman–Crippen LogP) is 2.36. The molecule has 0 radical (unpaired) electrons. The van der Waals surface area contributed by atoms with Gasteiger partial charge in [-0.1, -0.05) is 12.1 Å². The van der Waals surface area contributed by atoms with Gasteiger partial charge in [0.1, 0.15) is 17.5 Å². The summed E-state index contributed by atoms with van der Waals surface area (Å²) in [7, 11) is -2.38. The van der Waals surface area contributed by atoms with Crippen LogP contribution in [-0.2, 0) is 10.0 Å². The number of hydrogen-bond donors (Lipinski definition) is 3. The number of anilines is 1. The molecular formula is C25H37N5O7S. The summed E-state index contributed by atoms with van der Waals surface area (Å²) < 4.78 is 39.8. The molecule has 1 aliphatic rings. The van der Waals surface area contributed by atoms with Gasteiger partial charge in [-0.3, -0.25) is 9.52 Å². The lowest BCUT2D eigenvalue weighted by Crippen LogP contribution is -2.51. The maximum atomic E-state index is 13.6. The Labute approximate surface area is 223 Å². The second-order valence-electron chi connectivity index (χ2n) is 10.1. The van der Waals surface area contributed by atoms with Crippen molar-refractivity contribution in [1.29, 1.82) is 0 Å². The monoisotopic (exact) mass is 551 g/mol. The number of benzene rings is 1. The minimum Gasteiger partial charge on any atom is -0.487 e.